The van der Waals surface area contributed by atoms with Crippen molar-refractivity contribution >= 4 is 10.0 Å². The summed E-state index contributed by atoms with van der Waals surface area (Å²) in [6.07, 6.45) is 0.937. The zero-order valence-corrected chi connectivity index (χ0v) is 14.4. The van der Waals surface area contributed by atoms with Crippen molar-refractivity contribution in [3.05, 3.63) is 65.7 Å². The normalized spacial score (nSPS) is 13.2. The van der Waals surface area contributed by atoms with Gasteiger partial charge in [-0.05, 0) is 35.6 Å². The van der Waals surface area contributed by atoms with Gasteiger partial charge in [0.1, 0.15) is 0 Å². The lowest BCUT2D eigenvalue weighted by Gasteiger charge is -2.14. The first kappa shape index (κ1) is 17.7. The topological polar surface area (TPSA) is 72.2 Å². The van der Waals surface area contributed by atoms with Gasteiger partial charge in [0.05, 0.1) is 4.90 Å². The van der Waals surface area contributed by atoms with Gasteiger partial charge in [0.2, 0.25) is 10.0 Å². The van der Waals surface area contributed by atoms with Crippen molar-refractivity contribution in [3.8, 4) is 0 Å². The fourth-order valence-electron chi connectivity index (χ4n) is 2.38. The van der Waals surface area contributed by atoms with E-state index in [1.807, 2.05) is 42.5 Å². The Kier molecular flexibility index (Phi) is 5.93. The Morgan fingerprint density at radius 1 is 1.00 bits per heavy atom. The molecule has 1 atom stereocenters. The highest BCUT2D eigenvalue weighted by atomic mass is 32.2. The van der Waals surface area contributed by atoms with Crippen LogP contribution in [0.2, 0.25) is 0 Å². The summed E-state index contributed by atoms with van der Waals surface area (Å²) < 4.78 is 27.3. The van der Waals surface area contributed by atoms with Crippen molar-refractivity contribution in [2.75, 3.05) is 6.54 Å². The van der Waals surface area contributed by atoms with E-state index in [9.17, 15) is 8.42 Å². The monoisotopic (exact) mass is 332 g/mol. The Morgan fingerprint density at radius 3 is 2.17 bits per heavy atom. The lowest BCUT2D eigenvalue weighted by atomic mass is 10.0. The van der Waals surface area contributed by atoms with Crippen LogP contribution in [0.1, 0.15) is 31.0 Å². The van der Waals surface area contributed by atoms with E-state index in [4.69, 9.17) is 5.73 Å². The smallest absolute Gasteiger partial charge is 0.240 e. The van der Waals surface area contributed by atoms with Gasteiger partial charge in [0, 0.05) is 12.6 Å². The molecule has 2 aromatic rings. The molecule has 0 radical (unpaired) electrons. The summed E-state index contributed by atoms with van der Waals surface area (Å²) in [5.41, 5.74) is 8.08. The van der Waals surface area contributed by atoms with Gasteiger partial charge in [-0.25, -0.2) is 13.1 Å². The lowest BCUT2D eigenvalue weighted by molar-refractivity contribution is 0.572. The first-order chi connectivity index (χ1) is 10.9. The van der Waals surface area contributed by atoms with Crippen molar-refractivity contribution in [2.24, 2.45) is 11.7 Å². The summed E-state index contributed by atoms with van der Waals surface area (Å²) in [6, 6.07) is 16.1. The van der Waals surface area contributed by atoms with Gasteiger partial charge in [-0.2, -0.15) is 0 Å². The third-order valence-corrected chi connectivity index (χ3v) is 5.04. The van der Waals surface area contributed by atoms with Crippen LogP contribution in [0.3, 0.4) is 0 Å². The molecule has 0 saturated heterocycles. The largest absolute Gasteiger partial charge is 0.323 e. The van der Waals surface area contributed by atoms with Crippen LogP contribution < -0.4 is 10.5 Å². The van der Waals surface area contributed by atoms with Crippen molar-refractivity contribution in [1.82, 2.24) is 4.72 Å². The molecule has 0 heterocycles. The summed E-state index contributed by atoms with van der Waals surface area (Å²) in [5.74, 6) is 0.541. The summed E-state index contributed by atoms with van der Waals surface area (Å²) in [7, 11) is -3.54. The molecule has 0 spiro atoms. The van der Waals surface area contributed by atoms with Crippen molar-refractivity contribution in [2.45, 2.75) is 31.2 Å². The summed E-state index contributed by atoms with van der Waals surface area (Å²) in [5, 5.41) is 0. The van der Waals surface area contributed by atoms with Crippen LogP contribution in [-0.2, 0) is 16.4 Å². The molecule has 0 aromatic heterocycles. The van der Waals surface area contributed by atoms with E-state index < -0.39 is 10.0 Å². The van der Waals surface area contributed by atoms with E-state index >= 15 is 0 Å². The van der Waals surface area contributed by atoms with Crippen molar-refractivity contribution in [1.29, 1.82) is 0 Å². The van der Waals surface area contributed by atoms with Crippen molar-refractivity contribution in [3.63, 3.8) is 0 Å². The number of nitrogens with one attached hydrogen (secondary N) is 1. The fraction of sp³-hybridized carbons (Fsp3) is 0.333. The summed E-state index contributed by atoms with van der Waals surface area (Å²) >= 11 is 0. The van der Waals surface area contributed by atoms with Crippen LogP contribution in [0, 0.1) is 5.92 Å². The number of nitrogens with two attached hydrogens (primary N) is 1. The predicted molar refractivity (Wildman–Crippen MR) is 93.5 cm³/mol. The third kappa shape index (κ3) is 5.16. The Hall–Kier alpha value is -1.69. The molecule has 23 heavy (non-hydrogen) atoms. The zero-order valence-electron chi connectivity index (χ0n) is 13.6. The average molecular weight is 332 g/mol. The Morgan fingerprint density at radius 2 is 1.61 bits per heavy atom. The van der Waals surface area contributed by atoms with E-state index in [0.29, 0.717) is 5.92 Å². The number of hydrogen-bond acceptors (Lipinski definition) is 3. The molecule has 0 aliphatic rings. The maximum Gasteiger partial charge on any atom is 0.240 e. The number of rotatable bonds is 7. The van der Waals surface area contributed by atoms with Crippen LogP contribution in [0.25, 0.3) is 0 Å². The highest BCUT2D eigenvalue weighted by Crippen LogP contribution is 2.14. The van der Waals surface area contributed by atoms with Crippen LogP contribution >= 0.6 is 0 Å². The highest BCUT2D eigenvalue weighted by molar-refractivity contribution is 7.89. The van der Waals surface area contributed by atoms with Gasteiger partial charge >= 0.3 is 0 Å². The molecule has 1 unspecified atom stereocenters. The maximum absolute atomic E-state index is 12.3. The fourth-order valence-corrected chi connectivity index (χ4v) is 3.44. The minimum atomic E-state index is -3.54. The summed E-state index contributed by atoms with van der Waals surface area (Å²) in [6.45, 7) is 4.44. The quantitative estimate of drug-likeness (QED) is 0.819. The molecule has 0 saturated carbocycles. The molecule has 4 nitrogen and oxygen atoms in total. The Bertz CT molecular complexity index is 710. The molecule has 5 heteroatoms. The second kappa shape index (κ2) is 7.73. The predicted octanol–water partition coefficient (Wildman–Crippen LogP) is 2.86. The van der Waals surface area contributed by atoms with Gasteiger partial charge in [0.25, 0.3) is 0 Å². The first-order valence-corrected chi connectivity index (χ1v) is 9.26. The van der Waals surface area contributed by atoms with Gasteiger partial charge in [-0.15, -0.1) is 0 Å². The number of hydrogen-bond donors (Lipinski definition) is 2. The highest BCUT2D eigenvalue weighted by Gasteiger charge is 2.16. The third-order valence-electron chi connectivity index (χ3n) is 3.60. The molecule has 2 aromatic carbocycles. The number of sulfonamides is 1. The summed E-state index contributed by atoms with van der Waals surface area (Å²) in [4.78, 5) is 0.269. The maximum atomic E-state index is 12.3. The second-order valence-corrected chi connectivity index (χ2v) is 7.88. The molecular weight excluding hydrogens is 308 g/mol. The molecule has 2 rings (SSSR count). The minimum Gasteiger partial charge on any atom is -0.323 e. The molecule has 0 bridgehead atoms. The van der Waals surface area contributed by atoms with E-state index in [1.165, 1.54) is 0 Å². The SMILES string of the molecule is CC(C)Cc1ccc(S(=O)(=O)NCC(N)c2ccccc2)cc1. The minimum absolute atomic E-state index is 0.167. The molecule has 0 aliphatic carbocycles. The van der Waals surface area contributed by atoms with Crippen LogP contribution in [-0.4, -0.2) is 15.0 Å². The van der Waals surface area contributed by atoms with Gasteiger partial charge in [0.15, 0.2) is 0 Å². The lowest BCUT2D eigenvalue weighted by Crippen LogP contribution is -2.31. The van der Waals surface area contributed by atoms with Crippen LogP contribution in [0.15, 0.2) is 59.5 Å². The van der Waals surface area contributed by atoms with E-state index in [0.717, 1.165) is 17.5 Å². The molecule has 0 aliphatic heterocycles. The second-order valence-electron chi connectivity index (χ2n) is 6.11. The van der Waals surface area contributed by atoms with Gasteiger partial charge in [-0.3, -0.25) is 0 Å². The Labute approximate surface area is 138 Å². The van der Waals surface area contributed by atoms with Crippen molar-refractivity contribution < 1.29 is 8.42 Å². The molecular formula is C18H24N2O2S. The van der Waals surface area contributed by atoms with E-state index in [2.05, 4.69) is 18.6 Å². The molecule has 0 amide bonds. The van der Waals surface area contributed by atoms with Crippen LogP contribution in [0.4, 0.5) is 0 Å². The number of benzene rings is 2. The first-order valence-electron chi connectivity index (χ1n) is 7.77. The molecule has 0 fully saturated rings. The Balaban J connectivity index is 2.01. The van der Waals surface area contributed by atoms with E-state index in [1.54, 1.807) is 12.1 Å². The standard InChI is InChI=1S/C18H24N2O2S/c1-14(2)12-15-8-10-17(11-9-15)23(21,22)20-13-18(19)16-6-4-3-5-7-16/h3-11,14,18,20H,12-13,19H2,1-2H3. The van der Waals surface area contributed by atoms with Crippen LogP contribution in [0.5, 0.6) is 0 Å². The average Bonchev–Trinajstić information content (AvgIpc) is 2.53. The zero-order chi connectivity index (χ0) is 16.9. The van der Waals surface area contributed by atoms with Gasteiger partial charge < -0.3 is 5.73 Å². The molecule has 124 valence electrons. The molecule has 3 N–H and O–H groups in total. The van der Waals surface area contributed by atoms with E-state index in [-0.39, 0.29) is 17.5 Å². The van der Waals surface area contributed by atoms with Gasteiger partial charge in [-0.1, -0.05) is 56.3 Å².